The molecule has 1 aromatic heterocycles. The van der Waals surface area contributed by atoms with Gasteiger partial charge in [-0.15, -0.1) is 22.8 Å². The van der Waals surface area contributed by atoms with Crippen LogP contribution in [0.1, 0.15) is 29.3 Å². The van der Waals surface area contributed by atoms with Crippen LogP contribution in [0.4, 0.5) is 11.6 Å². The third-order valence-corrected chi connectivity index (χ3v) is 6.40. The lowest BCUT2D eigenvalue weighted by atomic mass is 10.2. The number of nitrogens with zero attached hydrogens (tertiary/aromatic N) is 3. The summed E-state index contributed by atoms with van der Waals surface area (Å²) in [7, 11) is -4.09. The fourth-order valence-electron chi connectivity index (χ4n) is 2.68. The number of anilines is 2. The zero-order valence-electron chi connectivity index (χ0n) is 16.3. The van der Waals surface area contributed by atoms with Crippen molar-refractivity contribution in [2.45, 2.75) is 36.6 Å². The summed E-state index contributed by atoms with van der Waals surface area (Å²) >= 11 is 10.4. The van der Waals surface area contributed by atoms with Crippen molar-refractivity contribution in [1.29, 1.82) is 0 Å². The van der Waals surface area contributed by atoms with Gasteiger partial charge in [0.05, 0.1) is 10.6 Å². The van der Waals surface area contributed by atoms with Crippen molar-refractivity contribution in [1.82, 2.24) is 14.8 Å². The minimum atomic E-state index is -4.09. The van der Waals surface area contributed by atoms with Crippen molar-refractivity contribution in [2.24, 2.45) is 0 Å². The predicted octanol–water partition coefficient (Wildman–Crippen LogP) is 3.99. The maximum Gasteiger partial charge on any atom is 0.265 e. The van der Waals surface area contributed by atoms with Crippen LogP contribution in [0.15, 0.2) is 52.5 Å². The molecule has 8 nitrogen and oxygen atoms in total. The van der Waals surface area contributed by atoms with E-state index in [0.29, 0.717) is 12.2 Å². The topological polar surface area (TPSA) is 106 Å². The molecular weight excluding hydrogens is 446 g/mol. The molecule has 3 aromatic rings. The van der Waals surface area contributed by atoms with E-state index in [1.807, 2.05) is 26.0 Å². The fraction of sp³-hybridized carbons (Fsp3) is 0.211. The van der Waals surface area contributed by atoms with Crippen LogP contribution in [0.2, 0.25) is 5.02 Å². The molecule has 2 N–H and O–H groups in total. The van der Waals surface area contributed by atoms with Crippen molar-refractivity contribution in [2.75, 3.05) is 10.0 Å². The predicted molar refractivity (Wildman–Crippen MR) is 119 cm³/mol. The van der Waals surface area contributed by atoms with Gasteiger partial charge in [0.1, 0.15) is 11.2 Å². The lowest BCUT2D eigenvalue weighted by Gasteiger charge is -2.13. The van der Waals surface area contributed by atoms with E-state index in [1.54, 1.807) is 16.7 Å². The van der Waals surface area contributed by atoms with Gasteiger partial charge >= 0.3 is 0 Å². The Morgan fingerprint density at radius 1 is 1.23 bits per heavy atom. The molecular formula is C19H20ClN5O3S2. The number of hydrogen-bond acceptors (Lipinski definition) is 6. The first-order chi connectivity index (χ1) is 14.2. The van der Waals surface area contributed by atoms with Crippen molar-refractivity contribution in [3.8, 4) is 0 Å². The maximum absolute atomic E-state index is 12.9. The van der Waals surface area contributed by atoms with Gasteiger partial charge in [0.2, 0.25) is 5.95 Å². The monoisotopic (exact) mass is 465 g/mol. The second-order valence-corrected chi connectivity index (χ2v) is 9.11. The molecule has 1 amide bonds. The number of carbonyl (C=O) groups is 1. The van der Waals surface area contributed by atoms with Gasteiger partial charge < -0.3 is 5.32 Å². The summed E-state index contributed by atoms with van der Waals surface area (Å²) in [6.45, 7) is 4.42. The number of sulfonamides is 1. The number of carbonyl (C=O) groups excluding carboxylic acids is 1. The summed E-state index contributed by atoms with van der Waals surface area (Å²) in [6.07, 6.45) is 2.21. The molecule has 0 spiro atoms. The van der Waals surface area contributed by atoms with Crippen LogP contribution in [0.5, 0.6) is 0 Å². The van der Waals surface area contributed by atoms with Gasteiger partial charge in [-0.3, -0.25) is 9.36 Å². The van der Waals surface area contributed by atoms with E-state index >= 15 is 0 Å². The summed E-state index contributed by atoms with van der Waals surface area (Å²) < 4.78 is 29.9. The standard InChI is InChI=1S/C19H20ClN5O3S2/c1-3-8-25-11-21-23-19(25)24-30(27,28)17-9-14(15(20)10-16(17)29)18(26)22-13-6-4-12(2)5-7-13/h4-7,9-11,29H,3,8H2,1-2H3,(H,22,26)(H,23,24). The van der Waals surface area contributed by atoms with Crippen molar-refractivity contribution in [3.63, 3.8) is 0 Å². The molecule has 0 saturated heterocycles. The van der Waals surface area contributed by atoms with Crippen LogP contribution in [0, 0.1) is 6.92 Å². The molecule has 158 valence electrons. The number of thiol groups is 1. The third kappa shape index (κ3) is 4.94. The summed E-state index contributed by atoms with van der Waals surface area (Å²) in [5.41, 5.74) is 1.61. The fourth-order valence-corrected chi connectivity index (χ4v) is 4.68. The normalized spacial score (nSPS) is 11.3. The van der Waals surface area contributed by atoms with Crippen molar-refractivity contribution >= 4 is 51.8 Å². The Bertz CT molecular complexity index is 1180. The first-order valence-electron chi connectivity index (χ1n) is 9.02. The van der Waals surface area contributed by atoms with E-state index < -0.39 is 15.9 Å². The molecule has 0 atom stereocenters. The molecule has 3 rings (SSSR count). The summed E-state index contributed by atoms with van der Waals surface area (Å²) in [5, 5.41) is 10.3. The molecule has 0 saturated carbocycles. The number of aryl methyl sites for hydroxylation is 2. The van der Waals surface area contributed by atoms with E-state index in [2.05, 4.69) is 32.9 Å². The van der Waals surface area contributed by atoms with Gasteiger partial charge in [-0.05, 0) is 37.6 Å². The highest BCUT2D eigenvalue weighted by atomic mass is 35.5. The number of aromatic nitrogens is 3. The van der Waals surface area contributed by atoms with Crippen LogP contribution in [0.25, 0.3) is 0 Å². The van der Waals surface area contributed by atoms with E-state index in [1.165, 1.54) is 18.5 Å². The molecule has 0 aliphatic carbocycles. The first-order valence-corrected chi connectivity index (χ1v) is 11.3. The average Bonchev–Trinajstić information content (AvgIpc) is 3.09. The third-order valence-electron chi connectivity index (χ3n) is 4.20. The maximum atomic E-state index is 12.9. The van der Waals surface area contributed by atoms with Gasteiger partial charge in [0.15, 0.2) is 0 Å². The Morgan fingerprint density at radius 2 is 1.93 bits per heavy atom. The number of hydrogen-bond donors (Lipinski definition) is 3. The number of rotatable bonds is 7. The molecule has 0 fully saturated rings. The Hall–Kier alpha value is -2.56. The minimum Gasteiger partial charge on any atom is -0.322 e. The van der Waals surface area contributed by atoms with Crippen LogP contribution in [0.3, 0.4) is 0 Å². The van der Waals surface area contributed by atoms with Gasteiger partial charge in [0.25, 0.3) is 15.9 Å². The zero-order chi connectivity index (χ0) is 21.9. The Balaban J connectivity index is 1.92. The zero-order valence-corrected chi connectivity index (χ0v) is 18.7. The smallest absolute Gasteiger partial charge is 0.265 e. The highest BCUT2D eigenvalue weighted by Gasteiger charge is 2.24. The summed E-state index contributed by atoms with van der Waals surface area (Å²) in [4.78, 5) is 12.6. The quantitative estimate of drug-likeness (QED) is 0.457. The highest BCUT2D eigenvalue weighted by Crippen LogP contribution is 2.29. The van der Waals surface area contributed by atoms with E-state index in [-0.39, 0.29) is 26.3 Å². The van der Waals surface area contributed by atoms with Crippen LogP contribution < -0.4 is 10.0 Å². The lowest BCUT2D eigenvalue weighted by molar-refractivity contribution is 0.102. The lowest BCUT2D eigenvalue weighted by Crippen LogP contribution is -2.19. The molecule has 0 aliphatic rings. The molecule has 2 aromatic carbocycles. The molecule has 0 radical (unpaired) electrons. The second kappa shape index (κ2) is 9.07. The van der Waals surface area contributed by atoms with Crippen LogP contribution in [-0.4, -0.2) is 29.1 Å². The molecule has 0 unspecified atom stereocenters. The highest BCUT2D eigenvalue weighted by molar-refractivity contribution is 7.93. The van der Waals surface area contributed by atoms with E-state index in [4.69, 9.17) is 11.6 Å². The first kappa shape index (κ1) is 22.1. The van der Waals surface area contributed by atoms with E-state index in [0.717, 1.165) is 12.0 Å². The molecule has 1 heterocycles. The van der Waals surface area contributed by atoms with Gasteiger partial charge in [-0.1, -0.05) is 36.2 Å². The van der Waals surface area contributed by atoms with Gasteiger partial charge in [-0.2, -0.15) is 0 Å². The minimum absolute atomic E-state index is 0.00504. The summed E-state index contributed by atoms with van der Waals surface area (Å²) in [6, 6.07) is 9.69. The number of amides is 1. The summed E-state index contributed by atoms with van der Waals surface area (Å²) in [5.74, 6) is -0.465. The average molecular weight is 466 g/mol. The Kier molecular flexibility index (Phi) is 6.69. The Morgan fingerprint density at radius 3 is 2.60 bits per heavy atom. The molecule has 0 aliphatic heterocycles. The van der Waals surface area contributed by atoms with Gasteiger partial charge in [-0.25, -0.2) is 13.1 Å². The second-order valence-electron chi connectivity index (χ2n) is 6.57. The molecule has 11 heteroatoms. The van der Waals surface area contributed by atoms with Crippen molar-refractivity contribution in [3.05, 3.63) is 58.9 Å². The van der Waals surface area contributed by atoms with Crippen LogP contribution >= 0.6 is 24.2 Å². The SMILES string of the molecule is CCCn1cnnc1NS(=O)(=O)c1cc(C(=O)Nc2ccc(C)cc2)c(Cl)cc1S. The van der Waals surface area contributed by atoms with E-state index in [9.17, 15) is 13.2 Å². The largest absolute Gasteiger partial charge is 0.322 e. The van der Waals surface area contributed by atoms with Crippen LogP contribution in [-0.2, 0) is 16.6 Å². The molecule has 30 heavy (non-hydrogen) atoms. The van der Waals surface area contributed by atoms with Gasteiger partial charge in [0, 0.05) is 17.1 Å². The number of nitrogens with one attached hydrogen (secondary N) is 2. The molecule has 0 bridgehead atoms. The number of benzene rings is 2. The number of halogens is 1. The Labute approximate surface area is 185 Å². The van der Waals surface area contributed by atoms with Crippen molar-refractivity contribution < 1.29 is 13.2 Å².